The first kappa shape index (κ1) is 20.4. The fourth-order valence-corrected chi connectivity index (χ4v) is 4.20. The summed E-state index contributed by atoms with van der Waals surface area (Å²) in [6, 6.07) is 6.01. The Kier molecular flexibility index (Phi) is 6.03. The molecular formula is C22H29N5O3. The van der Waals surface area contributed by atoms with Crippen LogP contribution in [0.25, 0.3) is 22.4 Å². The van der Waals surface area contributed by atoms with E-state index >= 15 is 0 Å². The number of H-pyrrole nitrogens is 1. The van der Waals surface area contributed by atoms with Crippen molar-refractivity contribution in [2.75, 3.05) is 32.7 Å². The minimum Gasteiger partial charge on any atom is -0.496 e. The highest BCUT2D eigenvalue weighted by molar-refractivity contribution is 5.80. The van der Waals surface area contributed by atoms with E-state index in [0.29, 0.717) is 35.8 Å². The molecule has 0 saturated heterocycles. The van der Waals surface area contributed by atoms with Crippen LogP contribution in [0, 0.1) is 6.92 Å². The van der Waals surface area contributed by atoms with Crippen LogP contribution in [0.5, 0.6) is 5.75 Å². The van der Waals surface area contributed by atoms with Crippen LogP contribution in [0.4, 0.5) is 5.69 Å². The first-order chi connectivity index (χ1) is 14.6. The van der Waals surface area contributed by atoms with Crippen molar-refractivity contribution in [1.82, 2.24) is 19.7 Å². The molecule has 2 aromatic heterocycles. The Morgan fingerprint density at radius 2 is 2.03 bits per heavy atom. The maximum absolute atomic E-state index is 13.1. The zero-order valence-electron chi connectivity index (χ0n) is 17.8. The highest BCUT2D eigenvalue weighted by Gasteiger charge is 2.23. The number of ether oxygens (including phenoxy) is 2. The largest absolute Gasteiger partial charge is 0.496 e. The highest BCUT2D eigenvalue weighted by Crippen LogP contribution is 2.33. The Bertz CT molecular complexity index is 1080. The van der Waals surface area contributed by atoms with Crippen LogP contribution in [-0.2, 0) is 4.74 Å². The van der Waals surface area contributed by atoms with Crippen molar-refractivity contribution in [3.05, 3.63) is 34.2 Å². The van der Waals surface area contributed by atoms with Gasteiger partial charge in [0.05, 0.1) is 31.0 Å². The highest BCUT2D eigenvalue weighted by atomic mass is 16.5. The summed E-state index contributed by atoms with van der Waals surface area (Å²) >= 11 is 0. The number of rotatable bonds is 7. The number of aryl methyl sites for hydroxylation is 1. The molecule has 160 valence electrons. The molecule has 0 amide bonds. The van der Waals surface area contributed by atoms with Crippen LogP contribution in [0.2, 0.25) is 0 Å². The number of fused-ring (bicyclic) bond motifs is 1. The molecule has 1 aromatic carbocycles. The van der Waals surface area contributed by atoms with Gasteiger partial charge in [-0.2, -0.15) is 5.10 Å². The van der Waals surface area contributed by atoms with E-state index in [1.165, 1.54) is 19.3 Å². The van der Waals surface area contributed by atoms with Gasteiger partial charge in [-0.1, -0.05) is 19.3 Å². The number of hydrogen-bond acceptors (Lipinski definition) is 6. The Balaban J connectivity index is 1.73. The van der Waals surface area contributed by atoms with E-state index in [4.69, 9.17) is 14.5 Å². The van der Waals surface area contributed by atoms with Crippen LogP contribution < -0.4 is 15.6 Å². The third-order valence-corrected chi connectivity index (χ3v) is 5.74. The normalized spacial score (nSPS) is 14.9. The molecule has 8 heteroatoms. The van der Waals surface area contributed by atoms with Gasteiger partial charge in [0.25, 0.3) is 5.56 Å². The summed E-state index contributed by atoms with van der Waals surface area (Å²) in [6.07, 6.45) is 5.72. The minimum absolute atomic E-state index is 0.162. The van der Waals surface area contributed by atoms with Crippen molar-refractivity contribution in [1.29, 1.82) is 0 Å². The van der Waals surface area contributed by atoms with Gasteiger partial charge in [0.1, 0.15) is 17.1 Å². The molecule has 30 heavy (non-hydrogen) atoms. The summed E-state index contributed by atoms with van der Waals surface area (Å²) in [7, 11) is 3.28. The number of benzene rings is 1. The second kappa shape index (κ2) is 8.87. The molecule has 0 unspecified atom stereocenters. The Hall–Kier alpha value is -2.87. The number of aromatic amines is 1. The first-order valence-electron chi connectivity index (χ1n) is 10.5. The van der Waals surface area contributed by atoms with Gasteiger partial charge >= 0.3 is 0 Å². The molecule has 1 fully saturated rings. The Morgan fingerprint density at radius 1 is 1.23 bits per heavy atom. The molecule has 1 aliphatic carbocycles. The van der Waals surface area contributed by atoms with Crippen LogP contribution >= 0.6 is 0 Å². The van der Waals surface area contributed by atoms with E-state index in [9.17, 15) is 4.79 Å². The van der Waals surface area contributed by atoms with Crippen molar-refractivity contribution >= 4 is 16.7 Å². The average Bonchev–Trinajstić information content (AvgIpc) is 3.11. The molecule has 4 rings (SSSR count). The van der Waals surface area contributed by atoms with Crippen LogP contribution in [0.3, 0.4) is 0 Å². The molecule has 0 atom stereocenters. The average molecular weight is 412 g/mol. The molecule has 1 aliphatic rings. The molecule has 0 radical (unpaired) electrons. The van der Waals surface area contributed by atoms with Gasteiger partial charge in [0.15, 0.2) is 5.52 Å². The lowest BCUT2D eigenvalue weighted by Crippen LogP contribution is -2.19. The first-order valence-corrected chi connectivity index (χ1v) is 10.5. The van der Waals surface area contributed by atoms with Crippen LogP contribution in [-0.4, -0.2) is 47.1 Å². The fourth-order valence-electron chi connectivity index (χ4n) is 4.20. The molecule has 0 aliphatic heterocycles. The van der Waals surface area contributed by atoms with Gasteiger partial charge in [-0.05, 0) is 31.9 Å². The Morgan fingerprint density at radius 3 is 2.77 bits per heavy atom. The summed E-state index contributed by atoms with van der Waals surface area (Å²) < 4.78 is 12.6. The molecule has 1 saturated carbocycles. The zero-order chi connectivity index (χ0) is 21.1. The van der Waals surface area contributed by atoms with Gasteiger partial charge in [-0.3, -0.25) is 9.48 Å². The molecule has 8 nitrogen and oxygen atoms in total. The molecule has 0 bridgehead atoms. The second-order valence-electron chi connectivity index (χ2n) is 7.77. The number of nitrogens with zero attached hydrogens (tertiary/aromatic N) is 3. The third-order valence-electron chi connectivity index (χ3n) is 5.74. The van der Waals surface area contributed by atoms with Gasteiger partial charge in [-0.15, -0.1) is 0 Å². The third kappa shape index (κ3) is 3.92. The number of methoxy groups -OCH3 is 2. The topological polar surface area (TPSA) is 94.1 Å². The molecular weight excluding hydrogens is 382 g/mol. The Labute approximate surface area is 175 Å². The van der Waals surface area contributed by atoms with Crippen molar-refractivity contribution in [3.8, 4) is 17.1 Å². The molecule has 3 aromatic rings. The van der Waals surface area contributed by atoms with E-state index in [1.807, 2.05) is 29.8 Å². The minimum atomic E-state index is -0.162. The number of anilines is 1. The van der Waals surface area contributed by atoms with E-state index < -0.39 is 0 Å². The lowest BCUT2D eigenvalue weighted by Gasteiger charge is -2.22. The fraction of sp³-hybridized carbons (Fsp3) is 0.500. The van der Waals surface area contributed by atoms with Gasteiger partial charge in [-0.25, -0.2) is 4.98 Å². The van der Waals surface area contributed by atoms with Crippen molar-refractivity contribution in [2.45, 2.75) is 45.1 Å². The SMILES string of the molecule is COCCNc1ccc(-c2nc3c(C)nn(C4CCCCC4)c3c(=O)[nH]2)c(OC)c1. The van der Waals surface area contributed by atoms with Crippen molar-refractivity contribution in [3.63, 3.8) is 0 Å². The number of nitrogens with one attached hydrogen (secondary N) is 2. The monoisotopic (exact) mass is 411 g/mol. The quantitative estimate of drug-likeness (QED) is 0.576. The summed E-state index contributed by atoms with van der Waals surface area (Å²) in [6.45, 7) is 3.22. The maximum atomic E-state index is 13.1. The van der Waals surface area contributed by atoms with Gasteiger partial charge < -0.3 is 19.8 Å². The summed E-state index contributed by atoms with van der Waals surface area (Å²) in [4.78, 5) is 20.8. The van der Waals surface area contributed by atoms with E-state index in [1.54, 1.807) is 14.2 Å². The predicted octanol–water partition coefficient (Wildman–Crippen LogP) is 3.67. The lowest BCUT2D eigenvalue weighted by atomic mass is 9.95. The summed E-state index contributed by atoms with van der Waals surface area (Å²) in [5.74, 6) is 1.12. The zero-order valence-corrected chi connectivity index (χ0v) is 17.8. The van der Waals surface area contributed by atoms with Crippen LogP contribution in [0.1, 0.15) is 43.8 Å². The maximum Gasteiger partial charge on any atom is 0.277 e. The van der Waals surface area contributed by atoms with E-state index in [-0.39, 0.29) is 11.6 Å². The van der Waals surface area contributed by atoms with Crippen molar-refractivity contribution in [2.24, 2.45) is 0 Å². The number of hydrogen-bond donors (Lipinski definition) is 2. The summed E-state index contributed by atoms with van der Waals surface area (Å²) in [5, 5.41) is 7.97. The molecule has 2 heterocycles. The molecule has 2 N–H and O–H groups in total. The van der Waals surface area contributed by atoms with Crippen LogP contribution in [0.15, 0.2) is 23.0 Å². The summed E-state index contributed by atoms with van der Waals surface area (Å²) in [5.41, 5.74) is 3.49. The lowest BCUT2D eigenvalue weighted by molar-refractivity contribution is 0.211. The number of aromatic nitrogens is 4. The van der Waals surface area contributed by atoms with Crippen molar-refractivity contribution < 1.29 is 9.47 Å². The van der Waals surface area contributed by atoms with Gasteiger partial charge in [0.2, 0.25) is 0 Å². The second-order valence-corrected chi connectivity index (χ2v) is 7.77. The van der Waals surface area contributed by atoms with E-state index in [0.717, 1.165) is 29.8 Å². The standard InChI is InChI=1S/C22H29N5O3/c1-14-19-20(27(26-14)16-7-5-4-6-8-16)22(28)25-21(24-19)17-10-9-15(13-18(17)30-3)23-11-12-29-2/h9-10,13,16,23H,4-8,11-12H2,1-3H3,(H,24,25,28). The van der Waals surface area contributed by atoms with Gasteiger partial charge in [0, 0.05) is 25.4 Å². The smallest absolute Gasteiger partial charge is 0.277 e. The molecule has 0 spiro atoms. The predicted molar refractivity (Wildman–Crippen MR) is 117 cm³/mol. The van der Waals surface area contributed by atoms with E-state index in [2.05, 4.69) is 15.4 Å².